The molecule has 0 bridgehead atoms. The number of alkyl halides is 3. The first-order valence-electron chi connectivity index (χ1n) is 10.9. The highest BCUT2D eigenvalue weighted by molar-refractivity contribution is 6.25. The first-order chi connectivity index (χ1) is 16.8. The Labute approximate surface area is 199 Å². The molecule has 1 atom stereocenters. The van der Waals surface area contributed by atoms with Crippen molar-refractivity contribution in [3.63, 3.8) is 0 Å². The van der Waals surface area contributed by atoms with Crippen LogP contribution in [0.1, 0.15) is 30.6 Å². The summed E-state index contributed by atoms with van der Waals surface area (Å²) in [6.45, 7) is 3.05. The van der Waals surface area contributed by atoms with E-state index >= 15 is 0 Å². The van der Waals surface area contributed by atoms with Crippen molar-refractivity contribution in [1.82, 2.24) is 29.8 Å². The molecule has 35 heavy (non-hydrogen) atoms. The van der Waals surface area contributed by atoms with Gasteiger partial charge in [-0.1, -0.05) is 6.07 Å². The Kier molecular flexibility index (Phi) is 6.90. The van der Waals surface area contributed by atoms with Crippen LogP contribution in [-0.4, -0.2) is 61.4 Å². The molecule has 1 unspecified atom stereocenters. The van der Waals surface area contributed by atoms with E-state index in [1.807, 2.05) is 11.8 Å². The summed E-state index contributed by atoms with van der Waals surface area (Å²) in [5.41, 5.74) is 6.01. The summed E-state index contributed by atoms with van der Waals surface area (Å²) in [6.07, 6.45) is 2.47. The van der Waals surface area contributed by atoms with E-state index in [4.69, 9.17) is 5.73 Å². The number of hydrogen-bond donors (Lipinski definition) is 1. The van der Waals surface area contributed by atoms with Crippen molar-refractivity contribution >= 4 is 23.0 Å². The number of aromatic nitrogens is 5. The second kappa shape index (κ2) is 10.0. The third-order valence-electron chi connectivity index (χ3n) is 5.68. The van der Waals surface area contributed by atoms with Crippen LogP contribution in [0, 0.1) is 0 Å². The standard InChI is InChI=1S/C23H23F3N8O/c1-15-6-10-33(18-14-31-17(13-32-18)23(24,25)26)11-12-34(15)22(35)19(16-5-2-3-7-28-16)20(27)21-29-8-4-9-30-21/h2-5,7-9,13-15H,6,10-12,27H2,1H3/b20-19+. The Balaban J connectivity index is 1.61. The smallest absolute Gasteiger partial charge is 0.395 e. The van der Waals surface area contributed by atoms with Crippen molar-refractivity contribution in [1.29, 1.82) is 0 Å². The minimum atomic E-state index is -4.56. The van der Waals surface area contributed by atoms with Gasteiger partial charge in [-0.3, -0.25) is 9.78 Å². The van der Waals surface area contributed by atoms with Crippen LogP contribution in [0.15, 0.2) is 55.2 Å². The van der Waals surface area contributed by atoms with Crippen LogP contribution >= 0.6 is 0 Å². The first-order valence-corrected chi connectivity index (χ1v) is 10.9. The summed E-state index contributed by atoms with van der Waals surface area (Å²) in [7, 11) is 0. The zero-order chi connectivity index (χ0) is 25.0. The quantitative estimate of drug-likeness (QED) is 0.563. The molecule has 0 saturated carbocycles. The number of carbonyl (C=O) groups is 1. The molecule has 1 aliphatic heterocycles. The largest absolute Gasteiger partial charge is 0.434 e. The fourth-order valence-corrected chi connectivity index (χ4v) is 3.79. The van der Waals surface area contributed by atoms with E-state index in [1.54, 1.807) is 35.4 Å². The zero-order valence-corrected chi connectivity index (χ0v) is 18.9. The summed E-state index contributed by atoms with van der Waals surface area (Å²) < 4.78 is 38.5. The van der Waals surface area contributed by atoms with Crippen LogP contribution < -0.4 is 10.6 Å². The maximum atomic E-state index is 13.8. The predicted octanol–water partition coefficient (Wildman–Crippen LogP) is 2.63. The van der Waals surface area contributed by atoms with Gasteiger partial charge in [-0.2, -0.15) is 13.2 Å². The number of hydrogen-bond acceptors (Lipinski definition) is 8. The number of nitrogens with two attached hydrogens (primary N) is 1. The molecule has 182 valence electrons. The number of rotatable bonds is 4. The van der Waals surface area contributed by atoms with Crippen molar-refractivity contribution in [2.45, 2.75) is 25.6 Å². The number of anilines is 1. The van der Waals surface area contributed by atoms with Crippen LogP contribution in [0.2, 0.25) is 0 Å². The van der Waals surface area contributed by atoms with Gasteiger partial charge in [-0.15, -0.1) is 0 Å². The van der Waals surface area contributed by atoms with Crippen LogP contribution in [0.5, 0.6) is 0 Å². The van der Waals surface area contributed by atoms with Crippen molar-refractivity contribution in [3.8, 4) is 0 Å². The molecule has 4 rings (SSSR count). The van der Waals surface area contributed by atoms with E-state index in [2.05, 4.69) is 24.9 Å². The lowest BCUT2D eigenvalue weighted by molar-refractivity contribution is -0.141. The van der Waals surface area contributed by atoms with Crippen molar-refractivity contribution in [2.75, 3.05) is 24.5 Å². The number of pyridine rings is 1. The maximum absolute atomic E-state index is 13.8. The number of carbonyl (C=O) groups excluding carboxylic acids is 1. The highest BCUT2D eigenvalue weighted by Crippen LogP contribution is 2.28. The van der Waals surface area contributed by atoms with E-state index in [0.717, 1.165) is 12.4 Å². The molecule has 0 aromatic carbocycles. The van der Waals surface area contributed by atoms with Crippen molar-refractivity contribution in [2.24, 2.45) is 5.73 Å². The van der Waals surface area contributed by atoms with Gasteiger partial charge in [0.25, 0.3) is 5.91 Å². The van der Waals surface area contributed by atoms with Gasteiger partial charge in [0.2, 0.25) is 0 Å². The molecule has 3 aromatic heterocycles. The van der Waals surface area contributed by atoms with Gasteiger partial charge in [-0.25, -0.2) is 19.9 Å². The van der Waals surface area contributed by atoms with E-state index in [9.17, 15) is 18.0 Å². The van der Waals surface area contributed by atoms with E-state index in [-0.39, 0.29) is 29.0 Å². The van der Waals surface area contributed by atoms with Crippen LogP contribution in [0.25, 0.3) is 11.3 Å². The average Bonchev–Trinajstić information content (AvgIpc) is 3.06. The van der Waals surface area contributed by atoms with E-state index in [0.29, 0.717) is 37.6 Å². The molecule has 1 amide bonds. The lowest BCUT2D eigenvalue weighted by atomic mass is 10.1. The SMILES string of the molecule is CC1CCN(c2cnc(C(F)(F)F)cn2)CCN1C(=O)/C(=C(/N)c1ncccn1)c1ccccn1. The molecule has 3 aromatic rings. The van der Waals surface area contributed by atoms with Gasteiger partial charge >= 0.3 is 6.18 Å². The van der Waals surface area contributed by atoms with Crippen LogP contribution in [0.4, 0.5) is 19.0 Å². The third kappa shape index (κ3) is 5.36. The molecule has 12 heteroatoms. The first kappa shape index (κ1) is 24.0. The normalized spacial score (nSPS) is 17.5. The lowest BCUT2D eigenvalue weighted by Crippen LogP contribution is -2.41. The van der Waals surface area contributed by atoms with Gasteiger partial charge in [0, 0.05) is 44.3 Å². The summed E-state index contributed by atoms with van der Waals surface area (Å²) in [5.74, 6) is 0.198. The van der Waals surface area contributed by atoms with Gasteiger partial charge < -0.3 is 15.5 Å². The fourth-order valence-electron chi connectivity index (χ4n) is 3.79. The number of nitrogens with zero attached hydrogens (tertiary/aromatic N) is 7. The lowest BCUT2D eigenvalue weighted by Gasteiger charge is -2.28. The van der Waals surface area contributed by atoms with Gasteiger partial charge in [0.05, 0.1) is 29.4 Å². The predicted molar refractivity (Wildman–Crippen MR) is 122 cm³/mol. The molecule has 0 spiro atoms. The summed E-state index contributed by atoms with van der Waals surface area (Å²) >= 11 is 0. The Morgan fingerprint density at radius 1 is 0.971 bits per heavy atom. The van der Waals surface area contributed by atoms with Gasteiger partial charge in [0.1, 0.15) is 5.82 Å². The molecule has 4 heterocycles. The molecule has 9 nitrogen and oxygen atoms in total. The third-order valence-corrected chi connectivity index (χ3v) is 5.68. The van der Waals surface area contributed by atoms with E-state index in [1.165, 1.54) is 12.4 Å². The molecule has 0 aliphatic carbocycles. The van der Waals surface area contributed by atoms with Crippen LogP contribution in [0.3, 0.4) is 0 Å². The second-order valence-electron chi connectivity index (χ2n) is 7.96. The second-order valence-corrected chi connectivity index (χ2v) is 7.96. The van der Waals surface area contributed by atoms with Crippen molar-refractivity contribution in [3.05, 3.63) is 72.5 Å². The Bertz CT molecular complexity index is 1190. The zero-order valence-electron chi connectivity index (χ0n) is 18.9. The molecule has 0 radical (unpaired) electrons. The molecule has 1 saturated heterocycles. The molecular formula is C23H23F3N8O. The Morgan fingerprint density at radius 2 is 1.71 bits per heavy atom. The van der Waals surface area contributed by atoms with E-state index < -0.39 is 11.9 Å². The fraction of sp³-hybridized carbons (Fsp3) is 0.304. The van der Waals surface area contributed by atoms with Gasteiger partial charge in [-0.05, 0) is 31.5 Å². The Hall–Kier alpha value is -4.09. The highest BCUT2D eigenvalue weighted by Gasteiger charge is 2.34. The highest BCUT2D eigenvalue weighted by atomic mass is 19.4. The number of amides is 1. The minimum Gasteiger partial charge on any atom is -0.395 e. The summed E-state index contributed by atoms with van der Waals surface area (Å²) in [4.78, 5) is 37.4. The monoisotopic (exact) mass is 484 g/mol. The molecule has 1 fully saturated rings. The average molecular weight is 484 g/mol. The van der Waals surface area contributed by atoms with Crippen molar-refractivity contribution < 1.29 is 18.0 Å². The Morgan fingerprint density at radius 3 is 2.34 bits per heavy atom. The summed E-state index contributed by atoms with van der Waals surface area (Å²) in [6, 6.07) is 6.65. The topological polar surface area (TPSA) is 114 Å². The molecular weight excluding hydrogens is 461 g/mol. The van der Waals surface area contributed by atoms with Gasteiger partial charge in [0.15, 0.2) is 11.5 Å². The minimum absolute atomic E-state index is 0.108. The molecule has 1 aliphatic rings. The molecule has 2 N–H and O–H groups in total. The number of halogens is 3. The summed E-state index contributed by atoms with van der Waals surface area (Å²) in [5, 5.41) is 0. The maximum Gasteiger partial charge on any atom is 0.434 e. The van der Waals surface area contributed by atoms with Crippen LogP contribution in [-0.2, 0) is 11.0 Å².